The number of nitrogens with zero attached hydrogens (tertiary/aromatic N) is 3. The number of hydrogen-bond acceptors (Lipinski definition) is 6. The van der Waals surface area contributed by atoms with Gasteiger partial charge in [-0.05, 0) is 57.2 Å². The quantitative estimate of drug-likeness (QED) is 0.393. The molecule has 0 aliphatic rings. The van der Waals surface area contributed by atoms with Crippen LogP contribution in [-0.4, -0.2) is 51.5 Å². The number of hydrogen-bond donors (Lipinski definition) is 0. The molecular formula is C21H29N3O5S. The SMILES string of the molecule is CCN(CC)CCCN(c1ccc(OC)cc1[N+](=O)[O-])S(=O)(=O)c1ccc(C)cc1. The lowest BCUT2D eigenvalue weighted by atomic mass is 10.2. The molecule has 30 heavy (non-hydrogen) atoms. The molecule has 0 saturated carbocycles. The highest BCUT2D eigenvalue weighted by Gasteiger charge is 2.30. The van der Waals surface area contributed by atoms with Crippen LogP contribution in [0.4, 0.5) is 11.4 Å². The van der Waals surface area contributed by atoms with Gasteiger partial charge in [0.05, 0.1) is 23.0 Å². The minimum absolute atomic E-state index is 0.0286. The highest BCUT2D eigenvalue weighted by molar-refractivity contribution is 7.92. The zero-order valence-electron chi connectivity index (χ0n) is 17.9. The number of sulfonamides is 1. The largest absolute Gasteiger partial charge is 0.496 e. The van der Waals surface area contributed by atoms with Crippen LogP contribution in [0.1, 0.15) is 25.8 Å². The van der Waals surface area contributed by atoms with E-state index in [1.807, 2.05) is 20.8 Å². The fourth-order valence-electron chi connectivity index (χ4n) is 3.17. The maximum absolute atomic E-state index is 13.4. The zero-order valence-corrected chi connectivity index (χ0v) is 18.7. The number of ether oxygens (including phenoxy) is 1. The van der Waals surface area contributed by atoms with Crippen molar-refractivity contribution in [3.05, 3.63) is 58.1 Å². The predicted octanol–water partition coefficient (Wildman–Crippen LogP) is 3.84. The lowest BCUT2D eigenvalue weighted by molar-refractivity contribution is -0.384. The van der Waals surface area contributed by atoms with Crippen LogP contribution in [0.2, 0.25) is 0 Å². The Labute approximate surface area is 178 Å². The second-order valence-corrected chi connectivity index (χ2v) is 8.74. The maximum Gasteiger partial charge on any atom is 0.297 e. The molecule has 8 nitrogen and oxygen atoms in total. The lowest BCUT2D eigenvalue weighted by Gasteiger charge is -2.26. The third kappa shape index (κ3) is 5.48. The van der Waals surface area contributed by atoms with Crippen molar-refractivity contribution in [2.24, 2.45) is 0 Å². The van der Waals surface area contributed by atoms with Crippen molar-refractivity contribution in [1.29, 1.82) is 0 Å². The monoisotopic (exact) mass is 435 g/mol. The Bertz CT molecular complexity index is 957. The van der Waals surface area contributed by atoms with E-state index in [4.69, 9.17) is 4.74 Å². The van der Waals surface area contributed by atoms with Gasteiger partial charge in [0.2, 0.25) is 0 Å². The third-order valence-corrected chi connectivity index (χ3v) is 6.81. The van der Waals surface area contributed by atoms with E-state index in [0.29, 0.717) is 18.7 Å². The number of benzene rings is 2. The summed E-state index contributed by atoms with van der Waals surface area (Å²) < 4.78 is 33.1. The predicted molar refractivity (Wildman–Crippen MR) is 118 cm³/mol. The first-order valence-electron chi connectivity index (χ1n) is 9.88. The second kappa shape index (κ2) is 10.4. The lowest BCUT2D eigenvalue weighted by Crippen LogP contribution is -2.35. The molecule has 2 rings (SSSR count). The molecule has 0 spiro atoms. The van der Waals surface area contributed by atoms with Crippen LogP contribution < -0.4 is 9.04 Å². The fraction of sp³-hybridized carbons (Fsp3) is 0.429. The van der Waals surface area contributed by atoms with E-state index in [1.54, 1.807) is 12.1 Å². The van der Waals surface area contributed by atoms with Crippen molar-refractivity contribution in [2.75, 3.05) is 37.6 Å². The number of nitro benzene ring substituents is 1. The molecule has 0 heterocycles. The van der Waals surface area contributed by atoms with Gasteiger partial charge < -0.3 is 9.64 Å². The first kappa shape index (κ1) is 23.6. The van der Waals surface area contributed by atoms with Crippen molar-refractivity contribution >= 4 is 21.4 Å². The summed E-state index contributed by atoms with van der Waals surface area (Å²) in [5.74, 6) is 0.293. The zero-order chi connectivity index (χ0) is 22.3. The van der Waals surface area contributed by atoms with Gasteiger partial charge in [0, 0.05) is 6.54 Å². The standard InChI is InChI=1S/C21H29N3O5S/c1-5-22(6-2)14-7-15-23(30(27,28)19-11-8-17(3)9-12-19)20-13-10-18(29-4)16-21(20)24(25)26/h8-13,16H,5-7,14-15H2,1-4H3. The molecule has 9 heteroatoms. The summed E-state index contributed by atoms with van der Waals surface area (Å²) in [7, 11) is -2.58. The molecule has 0 aromatic heterocycles. The van der Waals surface area contributed by atoms with Crippen molar-refractivity contribution in [3.63, 3.8) is 0 Å². The average molecular weight is 436 g/mol. The van der Waals surface area contributed by atoms with Gasteiger partial charge in [0.1, 0.15) is 11.4 Å². The van der Waals surface area contributed by atoms with Gasteiger partial charge in [-0.3, -0.25) is 14.4 Å². The molecule has 0 aliphatic heterocycles. The second-order valence-electron chi connectivity index (χ2n) is 6.88. The molecule has 0 aliphatic carbocycles. The van der Waals surface area contributed by atoms with Crippen molar-refractivity contribution in [3.8, 4) is 5.75 Å². The van der Waals surface area contributed by atoms with E-state index in [2.05, 4.69) is 4.90 Å². The molecule has 0 N–H and O–H groups in total. The molecular weight excluding hydrogens is 406 g/mol. The van der Waals surface area contributed by atoms with Crippen molar-refractivity contribution < 1.29 is 18.1 Å². The van der Waals surface area contributed by atoms with Gasteiger partial charge in [0.15, 0.2) is 0 Å². The highest BCUT2D eigenvalue weighted by atomic mass is 32.2. The fourth-order valence-corrected chi connectivity index (χ4v) is 4.69. The molecule has 164 valence electrons. The van der Waals surface area contributed by atoms with Gasteiger partial charge in [-0.25, -0.2) is 8.42 Å². The number of nitro groups is 1. The van der Waals surface area contributed by atoms with Gasteiger partial charge in [-0.1, -0.05) is 31.5 Å². The minimum atomic E-state index is -3.99. The summed E-state index contributed by atoms with van der Waals surface area (Å²) in [4.78, 5) is 13.4. The van der Waals surface area contributed by atoms with Gasteiger partial charge in [-0.15, -0.1) is 0 Å². The topological polar surface area (TPSA) is 93.0 Å². The molecule has 0 saturated heterocycles. The Balaban J connectivity index is 2.51. The summed E-state index contributed by atoms with van der Waals surface area (Å²) in [5.41, 5.74) is 0.645. The molecule has 0 bridgehead atoms. The molecule has 2 aromatic carbocycles. The van der Waals surface area contributed by atoms with Gasteiger partial charge in [-0.2, -0.15) is 0 Å². The minimum Gasteiger partial charge on any atom is -0.496 e. The van der Waals surface area contributed by atoms with Crippen LogP contribution in [-0.2, 0) is 10.0 Å². The Hall–Kier alpha value is -2.65. The molecule has 0 unspecified atom stereocenters. The molecule has 0 atom stereocenters. The van der Waals surface area contributed by atoms with Crippen LogP contribution in [0, 0.1) is 17.0 Å². The summed E-state index contributed by atoms with van der Waals surface area (Å²) in [6.07, 6.45) is 0.538. The molecule has 2 aromatic rings. The highest BCUT2D eigenvalue weighted by Crippen LogP contribution is 2.35. The summed E-state index contributed by atoms with van der Waals surface area (Å²) in [6.45, 7) is 8.47. The van der Waals surface area contributed by atoms with E-state index in [0.717, 1.165) is 23.0 Å². The van der Waals surface area contributed by atoms with Crippen LogP contribution in [0.5, 0.6) is 5.75 Å². The Morgan fingerprint density at radius 2 is 1.67 bits per heavy atom. The first-order valence-corrected chi connectivity index (χ1v) is 11.3. The van der Waals surface area contributed by atoms with Crippen LogP contribution in [0.3, 0.4) is 0 Å². The third-order valence-electron chi connectivity index (χ3n) is 4.99. The van der Waals surface area contributed by atoms with E-state index < -0.39 is 14.9 Å². The van der Waals surface area contributed by atoms with E-state index in [1.165, 1.54) is 37.4 Å². The average Bonchev–Trinajstić information content (AvgIpc) is 2.73. The summed E-state index contributed by atoms with van der Waals surface area (Å²) >= 11 is 0. The van der Waals surface area contributed by atoms with Crippen LogP contribution in [0.15, 0.2) is 47.4 Å². The Morgan fingerprint density at radius 3 is 2.20 bits per heavy atom. The normalized spacial score (nSPS) is 11.5. The maximum atomic E-state index is 13.4. The molecule has 0 fully saturated rings. The Kier molecular flexibility index (Phi) is 8.19. The number of anilines is 1. The van der Waals surface area contributed by atoms with Crippen LogP contribution in [0.25, 0.3) is 0 Å². The van der Waals surface area contributed by atoms with E-state index in [-0.39, 0.29) is 22.8 Å². The van der Waals surface area contributed by atoms with E-state index in [9.17, 15) is 18.5 Å². The van der Waals surface area contributed by atoms with Crippen molar-refractivity contribution in [1.82, 2.24) is 4.90 Å². The number of rotatable bonds is 11. The van der Waals surface area contributed by atoms with Gasteiger partial charge in [0.25, 0.3) is 15.7 Å². The number of aryl methyl sites for hydroxylation is 1. The summed E-state index contributed by atoms with van der Waals surface area (Å²) in [6, 6.07) is 10.7. The Morgan fingerprint density at radius 1 is 1.03 bits per heavy atom. The first-order chi connectivity index (χ1) is 14.2. The van der Waals surface area contributed by atoms with E-state index >= 15 is 0 Å². The van der Waals surface area contributed by atoms with Crippen molar-refractivity contribution in [2.45, 2.75) is 32.1 Å². The number of methoxy groups -OCH3 is 1. The smallest absolute Gasteiger partial charge is 0.297 e. The van der Waals surface area contributed by atoms with Crippen LogP contribution >= 0.6 is 0 Å². The molecule has 0 radical (unpaired) electrons. The van der Waals surface area contributed by atoms with Gasteiger partial charge >= 0.3 is 0 Å². The summed E-state index contributed by atoms with van der Waals surface area (Å²) in [5, 5.41) is 11.7. The molecule has 0 amide bonds.